The fourth-order valence-electron chi connectivity index (χ4n) is 2.86. The molecular weight excluding hydrogens is 276 g/mol. The molecule has 6 nitrogen and oxygen atoms in total. The van der Waals surface area contributed by atoms with E-state index >= 15 is 0 Å². The van der Waals surface area contributed by atoms with Crippen LogP contribution in [0.25, 0.3) is 0 Å². The van der Waals surface area contributed by atoms with Crippen LogP contribution in [0, 0.1) is 0 Å². The van der Waals surface area contributed by atoms with Crippen LogP contribution in [0.15, 0.2) is 24.8 Å². The van der Waals surface area contributed by atoms with Gasteiger partial charge >= 0.3 is 0 Å². The predicted octanol–water partition coefficient (Wildman–Crippen LogP) is 1.90. The van der Waals surface area contributed by atoms with Gasteiger partial charge in [-0.15, -0.1) is 0 Å². The van der Waals surface area contributed by atoms with Gasteiger partial charge < -0.3 is 15.2 Å². The second-order valence-corrected chi connectivity index (χ2v) is 5.89. The third-order valence-corrected chi connectivity index (χ3v) is 4.23. The SMILES string of the molecule is Cn1ccnc1CNc1cc(CC[C@@H]2CCCCN2)ncn1. The number of piperidine rings is 1. The normalized spacial score (nSPS) is 18.3. The highest BCUT2D eigenvalue weighted by molar-refractivity contribution is 5.35. The van der Waals surface area contributed by atoms with Crippen molar-refractivity contribution in [3.8, 4) is 0 Å². The van der Waals surface area contributed by atoms with Gasteiger partial charge in [0, 0.05) is 37.2 Å². The van der Waals surface area contributed by atoms with Crippen LogP contribution in [-0.2, 0) is 20.0 Å². The topological polar surface area (TPSA) is 67.7 Å². The Morgan fingerprint density at radius 1 is 1.32 bits per heavy atom. The van der Waals surface area contributed by atoms with E-state index in [2.05, 4.69) is 25.6 Å². The summed E-state index contributed by atoms with van der Waals surface area (Å²) in [6.07, 6.45) is 11.5. The maximum absolute atomic E-state index is 4.39. The summed E-state index contributed by atoms with van der Waals surface area (Å²) in [5.74, 6) is 1.86. The first kappa shape index (κ1) is 15.0. The van der Waals surface area contributed by atoms with Crippen LogP contribution in [0.3, 0.4) is 0 Å². The maximum atomic E-state index is 4.39. The van der Waals surface area contributed by atoms with Gasteiger partial charge in [0.15, 0.2) is 0 Å². The fraction of sp³-hybridized carbons (Fsp3) is 0.562. The summed E-state index contributed by atoms with van der Waals surface area (Å²) < 4.78 is 2.00. The lowest BCUT2D eigenvalue weighted by molar-refractivity contribution is 0.382. The lowest BCUT2D eigenvalue weighted by atomic mass is 10.00. The van der Waals surface area contributed by atoms with Gasteiger partial charge in [-0.3, -0.25) is 0 Å². The van der Waals surface area contributed by atoms with Crippen LogP contribution < -0.4 is 10.6 Å². The second-order valence-electron chi connectivity index (χ2n) is 5.89. The highest BCUT2D eigenvalue weighted by Crippen LogP contribution is 2.14. The Hall–Kier alpha value is -1.95. The molecule has 1 aliphatic rings. The first-order chi connectivity index (χ1) is 10.8. The van der Waals surface area contributed by atoms with Gasteiger partial charge in [-0.05, 0) is 32.2 Å². The zero-order chi connectivity index (χ0) is 15.2. The van der Waals surface area contributed by atoms with Gasteiger partial charge in [0.05, 0.1) is 6.54 Å². The van der Waals surface area contributed by atoms with E-state index in [1.165, 1.54) is 19.3 Å². The Morgan fingerprint density at radius 2 is 2.27 bits per heavy atom. The van der Waals surface area contributed by atoms with Crippen molar-refractivity contribution in [1.82, 2.24) is 24.8 Å². The number of anilines is 1. The number of nitrogens with zero attached hydrogens (tertiary/aromatic N) is 4. The van der Waals surface area contributed by atoms with E-state index in [9.17, 15) is 0 Å². The van der Waals surface area contributed by atoms with Crippen molar-refractivity contribution in [2.75, 3.05) is 11.9 Å². The average Bonchev–Trinajstić information content (AvgIpc) is 2.98. The summed E-state index contributed by atoms with van der Waals surface area (Å²) >= 11 is 0. The minimum Gasteiger partial charge on any atom is -0.363 e. The quantitative estimate of drug-likeness (QED) is 0.853. The van der Waals surface area contributed by atoms with E-state index < -0.39 is 0 Å². The minimum atomic E-state index is 0.646. The van der Waals surface area contributed by atoms with Gasteiger partial charge in [-0.2, -0.15) is 0 Å². The number of aryl methyl sites for hydroxylation is 2. The third-order valence-electron chi connectivity index (χ3n) is 4.23. The molecule has 0 radical (unpaired) electrons. The third kappa shape index (κ3) is 4.04. The molecule has 0 saturated carbocycles. The van der Waals surface area contributed by atoms with Crippen LogP contribution >= 0.6 is 0 Å². The highest BCUT2D eigenvalue weighted by Gasteiger charge is 2.12. The molecule has 1 fully saturated rings. The smallest absolute Gasteiger partial charge is 0.129 e. The molecule has 0 aromatic carbocycles. The summed E-state index contributed by atoms with van der Waals surface area (Å²) in [6.45, 7) is 1.83. The van der Waals surface area contributed by atoms with Gasteiger partial charge in [-0.25, -0.2) is 15.0 Å². The fourth-order valence-corrected chi connectivity index (χ4v) is 2.86. The molecule has 0 amide bonds. The number of aromatic nitrogens is 4. The molecule has 1 aliphatic heterocycles. The van der Waals surface area contributed by atoms with Crippen molar-refractivity contribution in [2.45, 2.75) is 44.7 Å². The molecule has 0 unspecified atom stereocenters. The van der Waals surface area contributed by atoms with Gasteiger partial charge in [0.25, 0.3) is 0 Å². The lowest BCUT2D eigenvalue weighted by Gasteiger charge is -2.23. The van der Waals surface area contributed by atoms with Gasteiger partial charge in [0.1, 0.15) is 18.0 Å². The molecule has 2 aromatic rings. The van der Waals surface area contributed by atoms with E-state index in [4.69, 9.17) is 0 Å². The zero-order valence-corrected chi connectivity index (χ0v) is 13.1. The molecule has 118 valence electrons. The monoisotopic (exact) mass is 300 g/mol. The van der Waals surface area contributed by atoms with E-state index in [-0.39, 0.29) is 0 Å². The van der Waals surface area contributed by atoms with Crippen LogP contribution in [0.1, 0.15) is 37.2 Å². The Labute approximate surface area is 131 Å². The van der Waals surface area contributed by atoms with Crippen molar-refractivity contribution in [3.63, 3.8) is 0 Å². The summed E-state index contributed by atoms with van der Waals surface area (Å²) in [6, 6.07) is 2.69. The standard InChI is InChI=1S/C16H24N6/c1-22-9-8-18-16(22)11-19-15-10-14(20-12-21-15)6-5-13-4-2-3-7-17-13/h8-10,12-13,17H,2-7,11H2,1H3,(H,19,20,21)/t13-/m0/s1. The van der Waals surface area contributed by atoms with Crippen LogP contribution in [0.2, 0.25) is 0 Å². The molecule has 2 N–H and O–H groups in total. The molecule has 22 heavy (non-hydrogen) atoms. The van der Waals surface area contributed by atoms with E-state index in [0.29, 0.717) is 12.6 Å². The van der Waals surface area contributed by atoms with Crippen LogP contribution in [0.4, 0.5) is 5.82 Å². The van der Waals surface area contributed by atoms with E-state index in [0.717, 1.165) is 36.7 Å². The molecule has 0 bridgehead atoms. The van der Waals surface area contributed by atoms with E-state index in [1.807, 2.05) is 23.9 Å². The maximum Gasteiger partial charge on any atom is 0.129 e. The Morgan fingerprint density at radius 3 is 3.05 bits per heavy atom. The number of imidazole rings is 1. The summed E-state index contributed by atoms with van der Waals surface area (Å²) in [4.78, 5) is 13.0. The molecule has 0 spiro atoms. The first-order valence-electron chi connectivity index (χ1n) is 8.05. The minimum absolute atomic E-state index is 0.646. The molecule has 1 saturated heterocycles. The van der Waals surface area contributed by atoms with Crippen molar-refractivity contribution < 1.29 is 0 Å². The molecule has 2 aromatic heterocycles. The highest BCUT2D eigenvalue weighted by atomic mass is 15.1. The zero-order valence-electron chi connectivity index (χ0n) is 13.1. The van der Waals surface area contributed by atoms with Crippen molar-refractivity contribution >= 4 is 5.82 Å². The lowest BCUT2D eigenvalue weighted by Crippen LogP contribution is -2.34. The molecule has 3 heterocycles. The van der Waals surface area contributed by atoms with Crippen molar-refractivity contribution in [3.05, 3.63) is 36.3 Å². The summed E-state index contributed by atoms with van der Waals surface area (Å²) in [7, 11) is 1.99. The van der Waals surface area contributed by atoms with Gasteiger partial charge in [-0.1, -0.05) is 6.42 Å². The Kier molecular flexibility index (Phi) is 5.00. The number of rotatable bonds is 6. The van der Waals surface area contributed by atoms with Gasteiger partial charge in [0.2, 0.25) is 0 Å². The van der Waals surface area contributed by atoms with Crippen LogP contribution in [-0.4, -0.2) is 32.1 Å². The molecule has 3 rings (SSSR count). The van der Waals surface area contributed by atoms with Crippen LogP contribution in [0.5, 0.6) is 0 Å². The molecule has 1 atom stereocenters. The van der Waals surface area contributed by atoms with Crippen molar-refractivity contribution in [2.24, 2.45) is 7.05 Å². The largest absolute Gasteiger partial charge is 0.363 e. The van der Waals surface area contributed by atoms with E-state index in [1.54, 1.807) is 12.5 Å². The first-order valence-corrected chi connectivity index (χ1v) is 8.05. The molecule has 6 heteroatoms. The van der Waals surface area contributed by atoms with Crippen molar-refractivity contribution in [1.29, 1.82) is 0 Å². The number of nitrogens with one attached hydrogen (secondary N) is 2. The second kappa shape index (κ2) is 7.35. The molecular formula is C16H24N6. The predicted molar refractivity (Wildman–Crippen MR) is 86.5 cm³/mol. The Balaban J connectivity index is 1.52. The summed E-state index contributed by atoms with van der Waals surface area (Å²) in [5.41, 5.74) is 1.10. The Bertz CT molecular complexity index is 588. The molecule has 0 aliphatic carbocycles. The number of hydrogen-bond acceptors (Lipinski definition) is 5. The number of hydrogen-bond donors (Lipinski definition) is 2. The summed E-state index contributed by atoms with van der Waals surface area (Å²) in [5, 5.41) is 6.90. The average molecular weight is 300 g/mol.